The maximum absolute atomic E-state index is 12.7. The lowest BCUT2D eigenvalue weighted by Gasteiger charge is -2.16. The number of carbonyl (C=O) groups excluding carboxylic acids is 3. The zero-order valence-electron chi connectivity index (χ0n) is 13.0. The molecular formula is C15H16F3NO5. The van der Waals surface area contributed by atoms with E-state index < -0.39 is 35.6 Å². The van der Waals surface area contributed by atoms with Crippen LogP contribution in [0.15, 0.2) is 24.3 Å². The summed E-state index contributed by atoms with van der Waals surface area (Å²) in [6.45, 7) is 0. The SMILES string of the molecule is COC(=O)CC[C@H](NC(=O)c1cccc(C(F)(F)F)c1)C(=O)OC. The van der Waals surface area contributed by atoms with E-state index in [1.54, 1.807) is 0 Å². The molecule has 0 bridgehead atoms. The molecule has 9 heteroatoms. The second kappa shape index (κ2) is 8.32. The van der Waals surface area contributed by atoms with Crippen molar-refractivity contribution in [1.29, 1.82) is 0 Å². The zero-order chi connectivity index (χ0) is 18.3. The molecule has 0 aliphatic rings. The van der Waals surface area contributed by atoms with Gasteiger partial charge in [-0.05, 0) is 24.6 Å². The Hall–Kier alpha value is -2.58. The molecule has 0 radical (unpaired) electrons. The highest BCUT2D eigenvalue weighted by molar-refractivity contribution is 5.97. The molecular weight excluding hydrogens is 331 g/mol. The van der Waals surface area contributed by atoms with Gasteiger partial charge in [0.25, 0.3) is 5.91 Å². The number of esters is 2. The topological polar surface area (TPSA) is 81.7 Å². The number of benzene rings is 1. The summed E-state index contributed by atoms with van der Waals surface area (Å²) in [4.78, 5) is 34.8. The third-order valence-electron chi connectivity index (χ3n) is 3.11. The quantitative estimate of drug-likeness (QED) is 0.795. The van der Waals surface area contributed by atoms with Crippen LogP contribution in [-0.2, 0) is 25.2 Å². The van der Waals surface area contributed by atoms with Gasteiger partial charge in [0.2, 0.25) is 0 Å². The molecule has 0 fully saturated rings. The second-order valence-electron chi connectivity index (χ2n) is 4.74. The fourth-order valence-electron chi connectivity index (χ4n) is 1.83. The van der Waals surface area contributed by atoms with Gasteiger partial charge in [-0.2, -0.15) is 13.2 Å². The molecule has 0 saturated carbocycles. The molecule has 0 spiro atoms. The highest BCUT2D eigenvalue weighted by atomic mass is 19.4. The molecule has 0 unspecified atom stereocenters. The molecule has 1 atom stereocenters. The summed E-state index contributed by atoms with van der Waals surface area (Å²) in [5.74, 6) is -2.31. The number of alkyl halides is 3. The highest BCUT2D eigenvalue weighted by Crippen LogP contribution is 2.29. The summed E-state index contributed by atoms with van der Waals surface area (Å²) in [6, 6.07) is 2.57. The molecule has 0 aliphatic heterocycles. The zero-order valence-corrected chi connectivity index (χ0v) is 13.0. The molecule has 1 aromatic rings. The molecule has 1 amide bonds. The van der Waals surface area contributed by atoms with Crippen molar-refractivity contribution < 1.29 is 37.0 Å². The molecule has 1 aromatic carbocycles. The van der Waals surface area contributed by atoms with E-state index >= 15 is 0 Å². The van der Waals surface area contributed by atoms with Gasteiger partial charge in [0.05, 0.1) is 19.8 Å². The van der Waals surface area contributed by atoms with Crippen LogP contribution in [0.2, 0.25) is 0 Å². The number of rotatable bonds is 6. The van der Waals surface area contributed by atoms with Gasteiger partial charge in [-0.15, -0.1) is 0 Å². The van der Waals surface area contributed by atoms with Crippen molar-refractivity contribution in [2.24, 2.45) is 0 Å². The standard InChI is InChI=1S/C15H16F3NO5/c1-23-12(20)7-6-11(14(22)24-2)19-13(21)9-4-3-5-10(8-9)15(16,17)18/h3-5,8,11H,6-7H2,1-2H3,(H,19,21)/t11-/m0/s1. The maximum atomic E-state index is 12.7. The molecule has 0 aliphatic carbocycles. The van der Waals surface area contributed by atoms with E-state index in [0.29, 0.717) is 6.07 Å². The van der Waals surface area contributed by atoms with Crippen LogP contribution >= 0.6 is 0 Å². The van der Waals surface area contributed by atoms with E-state index in [1.807, 2.05) is 0 Å². The molecule has 1 N–H and O–H groups in total. The Kier molecular flexibility index (Phi) is 6.75. The van der Waals surface area contributed by atoms with Crippen molar-refractivity contribution in [3.05, 3.63) is 35.4 Å². The van der Waals surface area contributed by atoms with Crippen LogP contribution in [0, 0.1) is 0 Å². The predicted molar refractivity (Wildman–Crippen MR) is 76.0 cm³/mol. The summed E-state index contributed by atoms with van der Waals surface area (Å²) >= 11 is 0. The van der Waals surface area contributed by atoms with Gasteiger partial charge in [0.1, 0.15) is 6.04 Å². The van der Waals surface area contributed by atoms with E-state index in [9.17, 15) is 27.6 Å². The number of hydrogen-bond donors (Lipinski definition) is 1. The molecule has 6 nitrogen and oxygen atoms in total. The third-order valence-corrected chi connectivity index (χ3v) is 3.11. The Bertz CT molecular complexity index is 615. The summed E-state index contributed by atoms with van der Waals surface area (Å²) in [5, 5.41) is 2.25. The predicted octanol–water partition coefficient (Wildman–Crippen LogP) is 1.93. The Balaban J connectivity index is 2.88. The van der Waals surface area contributed by atoms with Gasteiger partial charge in [-0.1, -0.05) is 6.07 Å². The summed E-state index contributed by atoms with van der Waals surface area (Å²) in [5.41, 5.74) is -1.25. The van der Waals surface area contributed by atoms with E-state index in [0.717, 1.165) is 26.4 Å². The minimum atomic E-state index is -4.59. The lowest BCUT2D eigenvalue weighted by Crippen LogP contribution is -2.42. The summed E-state index contributed by atoms with van der Waals surface area (Å²) in [6.07, 6.45) is -4.87. The Morgan fingerprint density at radius 2 is 1.83 bits per heavy atom. The molecule has 0 heterocycles. The van der Waals surface area contributed by atoms with Gasteiger partial charge in [0, 0.05) is 12.0 Å². The van der Waals surface area contributed by atoms with Gasteiger partial charge < -0.3 is 14.8 Å². The van der Waals surface area contributed by atoms with Crippen molar-refractivity contribution in [2.75, 3.05) is 14.2 Å². The lowest BCUT2D eigenvalue weighted by atomic mass is 10.1. The van der Waals surface area contributed by atoms with E-state index in [2.05, 4.69) is 14.8 Å². The van der Waals surface area contributed by atoms with Gasteiger partial charge in [-0.3, -0.25) is 9.59 Å². The Morgan fingerprint density at radius 3 is 2.38 bits per heavy atom. The second-order valence-corrected chi connectivity index (χ2v) is 4.74. The number of ether oxygens (including phenoxy) is 2. The first-order valence-corrected chi connectivity index (χ1v) is 6.81. The average Bonchev–Trinajstić information content (AvgIpc) is 2.56. The van der Waals surface area contributed by atoms with Crippen molar-refractivity contribution in [1.82, 2.24) is 5.32 Å². The van der Waals surface area contributed by atoms with Crippen LogP contribution in [0.3, 0.4) is 0 Å². The van der Waals surface area contributed by atoms with Gasteiger partial charge in [-0.25, -0.2) is 4.79 Å². The largest absolute Gasteiger partial charge is 0.469 e. The molecule has 0 aromatic heterocycles. The number of amides is 1. The summed E-state index contributed by atoms with van der Waals surface area (Å²) in [7, 11) is 2.25. The minimum Gasteiger partial charge on any atom is -0.469 e. The lowest BCUT2D eigenvalue weighted by molar-refractivity contribution is -0.144. The first kappa shape index (κ1) is 19.5. The maximum Gasteiger partial charge on any atom is 0.416 e. The summed E-state index contributed by atoms with van der Waals surface area (Å²) < 4.78 is 46.9. The Labute approximate surface area is 135 Å². The minimum absolute atomic E-state index is 0.107. The first-order chi connectivity index (χ1) is 11.2. The first-order valence-electron chi connectivity index (χ1n) is 6.81. The van der Waals surface area contributed by atoms with E-state index in [-0.39, 0.29) is 18.4 Å². The van der Waals surface area contributed by atoms with E-state index in [1.165, 1.54) is 6.07 Å². The fraction of sp³-hybridized carbons (Fsp3) is 0.400. The smallest absolute Gasteiger partial charge is 0.416 e. The average molecular weight is 347 g/mol. The number of halogens is 3. The third kappa shape index (κ3) is 5.56. The molecule has 24 heavy (non-hydrogen) atoms. The number of carbonyl (C=O) groups is 3. The van der Waals surface area contributed by atoms with Crippen LogP contribution in [0.25, 0.3) is 0 Å². The normalized spacial score (nSPS) is 12.2. The number of methoxy groups -OCH3 is 2. The number of hydrogen-bond acceptors (Lipinski definition) is 5. The van der Waals surface area contributed by atoms with E-state index in [4.69, 9.17) is 0 Å². The number of nitrogens with one attached hydrogen (secondary N) is 1. The van der Waals surface area contributed by atoms with Gasteiger partial charge >= 0.3 is 18.1 Å². The van der Waals surface area contributed by atoms with Crippen molar-refractivity contribution in [3.63, 3.8) is 0 Å². The van der Waals surface area contributed by atoms with Crippen LogP contribution < -0.4 is 5.32 Å². The van der Waals surface area contributed by atoms with Crippen LogP contribution in [0.5, 0.6) is 0 Å². The van der Waals surface area contributed by atoms with Gasteiger partial charge in [0.15, 0.2) is 0 Å². The van der Waals surface area contributed by atoms with Crippen LogP contribution in [-0.4, -0.2) is 38.1 Å². The van der Waals surface area contributed by atoms with Crippen LogP contribution in [0.1, 0.15) is 28.8 Å². The molecule has 132 valence electrons. The van der Waals surface area contributed by atoms with Crippen molar-refractivity contribution >= 4 is 17.8 Å². The van der Waals surface area contributed by atoms with Crippen molar-refractivity contribution in [3.8, 4) is 0 Å². The van der Waals surface area contributed by atoms with Crippen molar-refractivity contribution in [2.45, 2.75) is 25.1 Å². The monoisotopic (exact) mass is 347 g/mol. The highest BCUT2D eigenvalue weighted by Gasteiger charge is 2.31. The molecule has 0 saturated heterocycles. The Morgan fingerprint density at radius 1 is 1.17 bits per heavy atom. The van der Waals surface area contributed by atoms with Crippen LogP contribution in [0.4, 0.5) is 13.2 Å². The molecule has 1 rings (SSSR count). The fourth-order valence-corrected chi connectivity index (χ4v) is 1.83.